The van der Waals surface area contributed by atoms with Crippen LogP contribution in [0.15, 0.2) is 24.3 Å². The molecule has 6 heteroatoms. The summed E-state index contributed by atoms with van der Waals surface area (Å²) in [5, 5.41) is 8.55. The molecular weight excluding hydrogens is 300 g/mol. The van der Waals surface area contributed by atoms with Gasteiger partial charge in [-0.3, -0.25) is 9.59 Å². The summed E-state index contributed by atoms with van der Waals surface area (Å²) < 4.78 is 10.3. The topological polar surface area (TPSA) is 89.9 Å². The lowest BCUT2D eigenvalue weighted by molar-refractivity contribution is -0.161. The van der Waals surface area contributed by atoms with Crippen molar-refractivity contribution in [2.45, 2.75) is 39.7 Å². The van der Waals surface area contributed by atoms with Crippen molar-refractivity contribution in [2.24, 2.45) is 5.92 Å². The van der Waals surface area contributed by atoms with Gasteiger partial charge in [-0.1, -0.05) is 12.1 Å². The van der Waals surface area contributed by atoms with Gasteiger partial charge >= 0.3 is 11.9 Å². The van der Waals surface area contributed by atoms with E-state index in [-0.39, 0.29) is 12.2 Å². The molecule has 0 amide bonds. The molecule has 0 aliphatic rings. The number of carboxylic acid groups (broad SMARTS) is 1. The van der Waals surface area contributed by atoms with Crippen LogP contribution in [0.3, 0.4) is 0 Å². The Morgan fingerprint density at radius 2 is 1.70 bits per heavy atom. The number of hydrogen-bond donors (Lipinski definition) is 1. The highest BCUT2D eigenvalue weighted by molar-refractivity contribution is 5.98. The van der Waals surface area contributed by atoms with Gasteiger partial charge in [-0.05, 0) is 51.8 Å². The van der Waals surface area contributed by atoms with Crippen LogP contribution in [0.4, 0.5) is 0 Å². The Kier molecular flexibility index (Phi) is 6.30. The van der Waals surface area contributed by atoms with Crippen molar-refractivity contribution in [3.63, 3.8) is 0 Å². The molecule has 0 radical (unpaired) electrons. The molecule has 0 aromatic heterocycles. The third-order valence-electron chi connectivity index (χ3n) is 2.91. The minimum absolute atomic E-state index is 0.226. The van der Waals surface area contributed by atoms with E-state index in [1.807, 2.05) is 0 Å². The lowest BCUT2D eigenvalue weighted by Crippen LogP contribution is -2.33. The Morgan fingerprint density at radius 1 is 1.13 bits per heavy atom. The van der Waals surface area contributed by atoms with Crippen molar-refractivity contribution in [3.8, 4) is 5.75 Å². The number of hydrogen-bond acceptors (Lipinski definition) is 5. The van der Waals surface area contributed by atoms with E-state index in [0.29, 0.717) is 5.75 Å². The first-order valence-corrected chi connectivity index (χ1v) is 7.25. The van der Waals surface area contributed by atoms with Crippen LogP contribution in [0.2, 0.25) is 0 Å². The molecule has 0 saturated heterocycles. The van der Waals surface area contributed by atoms with Crippen LogP contribution in [-0.2, 0) is 25.5 Å². The Balaban J connectivity index is 2.75. The molecule has 0 aliphatic heterocycles. The summed E-state index contributed by atoms with van der Waals surface area (Å²) in [6.45, 7) is 6.18. The van der Waals surface area contributed by atoms with E-state index < -0.39 is 30.1 Å². The second-order valence-corrected chi connectivity index (χ2v) is 6.23. The predicted octanol–water partition coefficient (Wildman–Crippen LogP) is 2.24. The number of rotatable bonds is 7. The van der Waals surface area contributed by atoms with E-state index in [9.17, 15) is 14.4 Å². The summed E-state index contributed by atoms with van der Waals surface area (Å²) in [4.78, 5) is 34.3. The number of esters is 1. The first-order valence-electron chi connectivity index (χ1n) is 7.25. The number of Topliss-reactive ketones (excluding diaryl/α,β-unsaturated/α-hetero) is 1. The quantitative estimate of drug-likeness (QED) is 0.611. The molecule has 23 heavy (non-hydrogen) atoms. The van der Waals surface area contributed by atoms with Gasteiger partial charge in [0.05, 0.1) is 0 Å². The second kappa shape index (κ2) is 7.76. The lowest BCUT2D eigenvalue weighted by Gasteiger charge is -2.23. The van der Waals surface area contributed by atoms with Crippen molar-refractivity contribution in [1.82, 2.24) is 0 Å². The maximum Gasteiger partial charge on any atom is 0.341 e. The van der Waals surface area contributed by atoms with Crippen LogP contribution in [0.1, 0.15) is 33.3 Å². The van der Waals surface area contributed by atoms with Gasteiger partial charge in [0.2, 0.25) is 0 Å². The highest BCUT2D eigenvalue weighted by Crippen LogP contribution is 2.19. The molecule has 1 aromatic rings. The van der Waals surface area contributed by atoms with Gasteiger partial charge in [0.15, 0.2) is 6.61 Å². The molecule has 1 atom stereocenters. The van der Waals surface area contributed by atoms with Crippen LogP contribution in [0.5, 0.6) is 5.75 Å². The molecule has 0 saturated carbocycles. The number of carboxylic acids is 1. The van der Waals surface area contributed by atoms with E-state index in [4.69, 9.17) is 14.6 Å². The van der Waals surface area contributed by atoms with E-state index in [2.05, 4.69) is 0 Å². The summed E-state index contributed by atoms with van der Waals surface area (Å²) >= 11 is 0. The Morgan fingerprint density at radius 3 is 2.13 bits per heavy atom. The Labute approximate surface area is 135 Å². The lowest BCUT2D eigenvalue weighted by atomic mass is 9.95. The number of carbonyl (C=O) groups excluding carboxylic acids is 2. The average Bonchev–Trinajstić information content (AvgIpc) is 2.41. The Hall–Kier alpha value is -2.37. The van der Waals surface area contributed by atoms with Crippen LogP contribution < -0.4 is 4.74 Å². The molecule has 0 spiro atoms. The molecule has 126 valence electrons. The molecule has 0 aliphatic carbocycles. The standard InChI is InChI=1S/C17H22O6/c1-11(18)14(16(21)23-17(2,3)4)9-12-5-7-13(8-6-12)22-10-15(19)20/h5-8,14H,9-10H2,1-4H3,(H,19,20). The van der Waals surface area contributed by atoms with Crippen molar-refractivity contribution >= 4 is 17.7 Å². The first kappa shape index (κ1) is 18.7. The average molecular weight is 322 g/mol. The van der Waals surface area contributed by atoms with Crippen molar-refractivity contribution < 1.29 is 29.0 Å². The third kappa shape index (κ3) is 6.95. The van der Waals surface area contributed by atoms with Crippen molar-refractivity contribution in [1.29, 1.82) is 0 Å². The predicted molar refractivity (Wildman–Crippen MR) is 83.3 cm³/mol. The summed E-state index contributed by atoms with van der Waals surface area (Å²) in [7, 11) is 0. The van der Waals surface area contributed by atoms with Gasteiger partial charge in [-0.25, -0.2) is 4.79 Å². The molecule has 1 aromatic carbocycles. The van der Waals surface area contributed by atoms with E-state index >= 15 is 0 Å². The van der Waals surface area contributed by atoms with Crippen LogP contribution in [0.25, 0.3) is 0 Å². The van der Waals surface area contributed by atoms with Crippen LogP contribution in [0, 0.1) is 5.92 Å². The number of aliphatic carboxylic acids is 1. The normalized spacial score (nSPS) is 12.3. The molecule has 1 rings (SSSR count). The van der Waals surface area contributed by atoms with Crippen molar-refractivity contribution in [2.75, 3.05) is 6.61 Å². The number of benzene rings is 1. The van der Waals surface area contributed by atoms with Crippen LogP contribution in [-0.4, -0.2) is 35.0 Å². The first-order chi connectivity index (χ1) is 10.6. The summed E-state index contributed by atoms with van der Waals surface area (Å²) in [5.74, 6) is -2.31. The van der Waals surface area contributed by atoms with Crippen LogP contribution >= 0.6 is 0 Å². The van der Waals surface area contributed by atoms with E-state index in [1.54, 1.807) is 45.0 Å². The molecule has 1 unspecified atom stereocenters. The zero-order valence-electron chi connectivity index (χ0n) is 13.8. The molecule has 6 nitrogen and oxygen atoms in total. The highest BCUT2D eigenvalue weighted by Gasteiger charge is 2.28. The Bertz CT molecular complexity index is 568. The fourth-order valence-corrected chi connectivity index (χ4v) is 1.87. The van der Waals surface area contributed by atoms with E-state index in [0.717, 1.165) is 5.56 Å². The summed E-state index contributed by atoms with van der Waals surface area (Å²) in [6, 6.07) is 6.59. The van der Waals surface area contributed by atoms with E-state index in [1.165, 1.54) is 6.92 Å². The summed E-state index contributed by atoms with van der Waals surface area (Å²) in [5.41, 5.74) is 0.109. The van der Waals surface area contributed by atoms with Gasteiger partial charge in [0, 0.05) is 0 Å². The fourth-order valence-electron chi connectivity index (χ4n) is 1.87. The number of ether oxygens (including phenoxy) is 2. The maximum atomic E-state index is 12.1. The number of carbonyl (C=O) groups is 3. The molecule has 0 heterocycles. The monoisotopic (exact) mass is 322 g/mol. The smallest absolute Gasteiger partial charge is 0.341 e. The van der Waals surface area contributed by atoms with Gasteiger partial charge < -0.3 is 14.6 Å². The molecule has 0 bridgehead atoms. The minimum atomic E-state index is -1.06. The second-order valence-electron chi connectivity index (χ2n) is 6.23. The SMILES string of the molecule is CC(=O)C(Cc1ccc(OCC(=O)O)cc1)C(=O)OC(C)(C)C. The largest absolute Gasteiger partial charge is 0.482 e. The van der Waals surface area contributed by atoms with Gasteiger partial charge in [-0.15, -0.1) is 0 Å². The van der Waals surface area contributed by atoms with Gasteiger partial charge in [-0.2, -0.15) is 0 Å². The zero-order chi connectivity index (χ0) is 17.6. The fraction of sp³-hybridized carbons (Fsp3) is 0.471. The van der Waals surface area contributed by atoms with Gasteiger partial charge in [0.1, 0.15) is 23.1 Å². The maximum absolute atomic E-state index is 12.1. The minimum Gasteiger partial charge on any atom is -0.482 e. The number of ketones is 1. The highest BCUT2D eigenvalue weighted by atomic mass is 16.6. The zero-order valence-corrected chi connectivity index (χ0v) is 13.8. The molecular formula is C17H22O6. The molecule has 0 fully saturated rings. The summed E-state index contributed by atoms with van der Waals surface area (Å²) in [6.07, 6.45) is 0.226. The van der Waals surface area contributed by atoms with Gasteiger partial charge in [0.25, 0.3) is 0 Å². The van der Waals surface area contributed by atoms with Crippen molar-refractivity contribution in [3.05, 3.63) is 29.8 Å². The third-order valence-corrected chi connectivity index (χ3v) is 2.91. The molecule has 1 N–H and O–H groups in total.